The van der Waals surface area contributed by atoms with Crippen LogP contribution in [0.5, 0.6) is 0 Å². The minimum Gasteiger partial charge on any atom is -0.388 e. The van der Waals surface area contributed by atoms with E-state index in [0.29, 0.717) is 0 Å². The molecule has 0 heterocycles. The average molecular weight is 163 g/mol. The monoisotopic (exact) mass is 163 g/mol. The Kier molecular flexibility index (Phi) is 2.48. The summed E-state index contributed by atoms with van der Waals surface area (Å²) in [5.41, 5.74) is 2.83. The van der Waals surface area contributed by atoms with Crippen LogP contribution in [0.4, 0.5) is 5.69 Å². The van der Waals surface area contributed by atoms with Gasteiger partial charge in [0.05, 0.1) is 0 Å². The summed E-state index contributed by atoms with van der Waals surface area (Å²) in [6.07, 6.45) is 0. The van der Waals surface area contributed by atoms with Gasteiger partial charge in [0.15, 0.2) is 5.78 Å². The molecular formula is C10H13NO. The van der Waals surface area contributed by atoms with Crippen LogP contribution in [-0.2, 0) is 0 Å². The van der Waals surface area contributed by atoms with E-state index in [1.165, 1.54) is 0 Å². The van der Waals surface area contributed by atoms with E-state index < -0.39 is 0 Å². The number of carbonyl (C=O) groups is 1. The predicted octanol–water partition coefficient (Wildman–Crippen LogP) is 2.24. The van der Waals surface area contributed by atoms with Gasteiger partial charge in [0.1, 0.15) is 0 Å². The summed E-state index contributed by atoms with van der Waals surface area (Å²) >= 11 is 0. The summed E-state index contributed by atoms with van der Waals surface area (Å²) in [6.45, 7) is 3.53. The molecule has 0 amide bonds. The molecule has 64 valence electrons. The highest BCUT2D eigenvalue weighted by atomic mass is 16.1. The molecule has 0 aliphatic carbocycles. The van der Waals surface area contributed by atoms with Gasteiger partial charge >= 0.3 is 0 Å². The zero-order valence-electron chi connectivity index (χ0n) is 7.64. The van der Waals surface area contributed by atoms with E-state index >= 15 is 0 Å². The van der Waals surface area contributed by atoms with Crippen molar-refractivity contribution in [3.8, 4) is 0 Å². The molecular weight excluding hydrogens is 150 g/mol. The minimum atomic E-state index is 0.115. The van der Waals surface area contributed by atoms with Gasteiger partial charge in [-0.3, -0.25) is 4.79 Å². The Morgan fingerprint density at radius 2 is 2.08 bits per heavy atom. The molecule has 1 rings (SSSR count). The first-order chi connectivity index (χ1) is 5.66. The number of hydrogen-bond acceptors (Lipinski definition) is 2. The quantitative estimate of drug-likeness (QED) is 0.677. The second kappa shape index (κ2) is 3.39. The minimum absolute atomic E-state index is 0.115. The first kappa shape index (κ1) is 8.78. The molecule has 1 aromatic carbocycles. The first-order valence-electron chi connectivity index (χ1n) is 3.95. The largest absolute Gasteiger partial charge is 0.388 e. The van der Waals surface area contributed by atoms with Crippen molar-refractivity contribution in [2.45, 2.75) is 13.8 Å². The summed E-state index contributed by atoms with van der Waals surface area (Å²) in [5.74, 6) is 0.115. The van der Waals surface area contributed by atoms with E-state index in [1.807, 2.05) is 32.2 Å². The molecule has 1 aromatic rings. The molecule has 12 heavy (non-hydrogen) atoms. The van der Waals surface area contributed by atoms with Crippen molar-refractivity contribution in [3.05, 3.63) is 29.3 Å². The third-order valence-electron chi connectivity index (χ3n) is 1.98. The molecule has 0 aromatic heterocycles. The number of rotatable bonds is 2. The fraction of sp³-hybridized carbons (Fsp3) is 0.300. The van der Waals surface area contributed by atoms with Crippen LogP contribution < -0.4 is 5.32 Å². The van der Waals surface area contributed by atoms with Crippen LogP contribution in [0.1, 0.15) is 22.8 Å². The number of anilines is 1. The lowest BCUT2D eigenvalue weighted by molar-refractivity contribution is 0.101. The van der Waals surface area contributed by atoms with Gasteiger partial charge in [-0.2, -0.15) is 0 Å². The Morgan fingerprint density at radius 1 is 1.42 bits per heavy atom. The third-order valence-corrected chi connectivity index (χ3v) is 1.98. The van der Waals surface area contributed by atoms with Crippen LogP contribution in [0.2, 0.25) is 0 Å². The van der Waals surface area contributed by atoms with E-state index in [0.717, 1.165) is 16.8 Å². The van der Waals surface area contributed by atoms with Crippen molar-refractivity contribution < 1.29 is 4.79 Å². The Bertz CT molecular complexity index is 305. The summed E-state index contributed by atoms with van der Waals surface area (Å²) in [6, 6.07) is 5.69. The maximum absolute atomic E-state index is 11.1. The number of nitrogens with one attached hydrogen (secondary N) is 1. The van der Waals surface area contributed by atoms with Crippen LogP contribution >= 0.6 is 0 Å². The molecule has 0 spiro atoms. The highest BCUT2D eigenvalue weighted by molar-refractivity contribution is 5.96. The topological polar surface area (TPSA) is 29.1 Å². The van der Waals surface area contributed by atoms with Crippen LogP contribution in [0, 0.1) is 6.92 Å². The molecule has 0 bridgehead atoms. The zero-order chi connectivity index (χ0) is 9.14. The number of Topliss-reactive ketones (excluding diaryl/α,β-unsaturated/α-hetero) is 1. The fourth-order valence-corrected chi connectivity index (χ4v) is 1.29. The fourth-order valence-electron chi connectivity index (χ4n) is 1.29. The number of hydrogen-bond donors (Lipinski definition) is 1. The highest BCUT2D eigenvalue weighted by Gasteiger charge is 2.05. The van der Waals surface area contributed by atoms with Crippen molar-refractivity contribution >= 4 is 11.5 Å². The van der Waals surface area contributed by atoms with Gasteiger partial charge in [-0.05, 0) is 25.5 Å². The van der Waals surface area contributed by atoms with E-state index in [9.17, 15) is 4.79 Å². The Balaban J connectivity index is 3.23. The van der Waals surface area contributed by atoms with Gasteiger partial charge in [0.2, 0.25) is 0 Å². The molecule has 0 saturated carbocycles. The summed E-state index contributed by atoms with van der Waals surface area (Å²) in [7, 11) is 1.85. The molecule has 0 saturated heterocycles. The molecule has 0 radical (unpaired) electrons. The molecule has 2 nitrogen and oxygen atoms in total. The van der Waals surface area contributed by atoms with Gasteiger partial charge in [0.25, 0.3) is 0 Å². The van der Waals surface area contributed by atoms with Gasteiger partial charge in [-0.1, -0.05) is 12.1 Å². The SMILES string of the molecule is CNc1cccc(C(C)=O)c1C. The van der Waals surface area contributed by atoms with Gasteiger partial charge < -0.3 is 5.32 Å². The smallest absolute Gasteiger partial charge is 0.160 e. The average Bonchev–Trinajstić information content (AvgIpc) is 2.04. The van der Waals surface area contributed by atoms with Crippen molar-refractivity contribution in [3.63, 3.8) is 0 Å². The summed E-state index contributed by atoms with van der Waals surface area (Å²) in [4.78, 5) is 11.1. The Hall–Kier alpha value is -1.31. The maximum atomic E-state index is 11.1. The van der Waals surface area contributed by atoms with Crippen molar-refractivity contribution in [1.82, 2.24) is 0 Å². The van der Waals surface area contributed by atoms with Crippen molar-refractivity contribution in [2.75, 3.05) is 12.4 Å². The maximum Gasteiger partial charge on any atom is 0.160 e. The Morgan fingerprint density at radius 3 is 2.58 bits per heavy atom. The number of carbonyl (C=O) groups excluding carboxylic acids is 1. The normalized spacial score (nSPS) is 9.58. The van der Waals surface area contributed by atoms with Gasteiger partial charge in [0, 0.05) is 18.3 Å². The third kappa shape index (κ3) is 1.47. The number of ketones is 1. The van der Waals surface area contributed by atoms with Crippen LogP contribution in [0.15, 0.2) is 18.2 Å². The number of benzene rings is 1. The highest BCUT2D eigenvalue weighted by Crippen LogP contribution is 2.18. The van der Waals surface area contributed by atoms with E-state index in [4.69, 9.17) is 0 Å². The summed E-state index contributed by atoms with van der Waals surface area (Å²) in [5, 5.41) is 3.04. The molecule has 0 atom stereocenters. The van der Waals surface area contributed by atoms with E-state index in [1.54, 1.807) is 6.92 Å². The van der Waals surface area contributed by atoms with Crippen LogP contribution in [0.25, 0.3) is 0 Å². The van der Waals surface area contributed by atoms with E-state index in [2.05, 4.69) is 5.32 Å². The molecule has 0 aliphatic heterocycles. The lowest BCUT2D eigenvalue weighted by Crippen LogP contribution is -1.99. The lowest BCUT2D eigenvalue weighted by atomic mass is 10.0. The molecule has 0 aliphatic rings. The Labute approximate surface area is 72.6 Å². The van der Waals surface area contributed by atoms with E-state index in [-0.39, 0.29) is 5.78 Å². The molecule has 0 fully saturated rings. The van der Waals surface area contributed by atoms with Crippen LogP contribution in [0.3, 0.4) is 0 Å². The second-order valence-corrected chi connectivity index (χ2v) is 2.78. The van der Waals surface area contributed by atoms with Crippen LogP contribution in [-0.4, -0.2) is 12.8 Å². The van der Waals surface area contributed by atoms with Crippen molar-refractivity contribution in [2.24, 2.45) is 0 Å². The second-order valence-electron chi connectivity index (χ2n) is 2.78. The van der Waals surface area contributed by atoms with Gasteiger partial charge in [-0.25, -0.2) is 0 Å². The molecule has 0 unspecified atom stereocenters. The predicted molar refractivity (Wildman–Crippen MR) is 50.7 cm³/mol. The summed E-state index contributed by atoms with van der Waals surface area (Å²) < 4.78 is 0. The van der Waals surface area contributed by atoms with Gasteiger partial charge in [-0.15, -0.1) is 0 Å². The molecule has 2 heteroatoms. The standard InChI is InChI=1S/C10H13NO/c1-7-9(8(2)12)5-4-6-10(7)11-3/h4-6,11H,1-3H3. The zero-order valence-corrected chi connectivity index (χ0v) is 7.64. The van der Waals surface area contributed by atoms with Crippen molar-refractivity contribution in [1.29, 1.82) is 0 Å². The molecule has 1 N–H and O–H groups in total. The first-order valence-corrected chi connectivity index (χ1v) is 3.95. The lowest BCUT2D eigenvalue weighted by Gasteiger charge is -2.07.